The topological polar surface area (TPSA) is 39.2 Å². The first-order valence-electron chi connectivity index (χ1n) is 4.90. The van der Waals surface area contributed by atoms with Gasteiger partial charge in [-0.3, -0.25) is 4.79 Å². The first-order valence-corrected chi connectivity index (χ1v) is 5.72. The number of carbonyl (C=O) groups excluding carboxylic acids is 1. The Morgan fingerprint density at radius 2 is 2.20 bits per heavy atom. The minimum absolute atomic E-state index is 0.122. The van der Waals surface area contributed by atoms with Crippen LogP contribution < -0.4 is 4.74 Å². The Hall–Kier alpha value is -1.42. The maximum absolute atomic E-state index is 11.4. The van der Waals surface area contributed by atoms with Crippen molar-refractivity contribution < 1.29 is 9.53 Å². The number of ether oxygens (including phenoxy) is 1. The second kappa shape index (κ2) is 3.31. The average molecular weight is 219 g/mol. The number of nitrogens with zero attached hydrogens (tertiary/aromatic N) is 1. The van der Waals surface area contributed by atoms with Gasteiger partial charge in [-0.25, -0.2) is 4.98 Å². The molecule has 0 bridgehead atoms. The Bertz CT molecular complexity index is 483. The summed E-state index contributed by atoms with van der Waals surface area (Å²) in [4.78, 5) is 15.6. The Morgan fingerprint density at radius 1 is 1.40 bits per heavy atom. The van der Waals surface area contributed by atoms with Crippen molar-refractivity contribution >= 4 is 27.5 Å². The number of thiazole rings is 1. The largest absolute Gasteiger partial charge is 0.398 e. The Balaban J connectivity index is 1.87. The third-order valence-electron chi connectivity index (χ3n) is 2.37. The third kappa shape index (κ3) is 1.72. The van der Waals surface area contributed by atoms with Crippen molar-refractivity contribution in [1.29, 1.82) is 0 Å². The third-order valence-corrected chi connectivity index (χ3v) is 3.29. The highest BCUT2D eigenvalue weighted by molar-refractivity contribution is 7.20. The lowest BCUT2D eigenvalue weighted by Crippen LogP contribution is -2.09. The fraction of sp³-hybridized carbons (Fsp3) is 0.273. The molecule has 15 heavy (non-hydrogen) atoms. The fourth-order valence-corrected chi connectivity index (χ4v) is 2.20. The number of para-hydroxylation sites is 1. The Morgan fingerprint density at radius 3 is 2.93 bits per heavy atom. The molecule has 0 spiro atoms. The molecule has 0 saturated heterocycles. The zero-order valence-electron chi connectivity index (χ0n) is 7.97. The first kappa shape index (κ1) is 8.85. The number of hydrogen-bond donors (Lipinski definition) is 0. The van der Waals surface area contributed by atoms with Crippen LogP contribution in [0.3, 0.4) is 0 Å². The molecule has 3 nitrogen and oxygen atoms in total. The maximum Gasteiger partial charge on any atom is 0.316 e. The van der Waals surface area contributed by atoms with Crippen molar-refractivity contribution in [2.24, 2.45) is 5.92 Å². The monoisotopic (exact) mass is 219 g/mol. The zero-order chi connectivity index (χ0) is 10.3. The van der Waals surface area contributed by atoms with Crippen molar-refractivity contribution in [1.82, 2.24) is 4.98 Å². The predicted octanol–water partition coefficient (Wildman–Crippen LogP) is 2.61. The van der Waals surface area contributed by atoms with Crippen LogP contribution >= 0.6 is 11.3 Å². The highest BCUT2D eigenvalue weighted by Crippen LogP contribution is 2.33. The zero-order valence-corrected chi connectivity index (χ0v) is 8.79. The van der Waals surface area contributed by atoms with E-state index in [-0.39, 0.29) is 11.9 Å². The van der Waals surface area contributed by atoms with E-state index in [4.69, 9.17) is 4.74 Å². The summed E-state index contributed by atoms with van der Waals surface area (Å²) in [5.41, 5.74) is 0.890. The lowest BCUT2D eigenvalue weighted by atomic mass is 10.3. The number of hydrogen-bond acceptors (Lipinski definition) is 4. The van der Waals surface area contributed by atoms with E-state index in [0.29, 0.717) is 5.19 Å². The summed E-state index contributed by atoms with van der Waals surface area (Å²) in [6.45, 7) is 0. The van der Waals surface area contributed by atoms with Gasteiger partial charge in [0.25, 0.3) is 5.19 Å². The number of esters is 1. The highest BCUT2D eigenvalue weighted by atomic mass is 32.1. The Labute approximate surface area is 90.7 Å². The van der Waals surface area contributed by atoms with Crippen LogP contribution in [0.5, 0.6) is 5.19 Å². The summed E-state index contributed by atoms with van der Waals surface area (Å²) in [6, 6.07) is 7.77. The van der Waals surface area contributed by atoms with Gasteiger partial charge in [-0.1, -0.05) is 23.5 Å². The van der Waals surface area contributed by atoms with Gasteiger partial charge >= 0.3 is 5.97 Å². The molecule has 1 fully saturated rings. The van der Waals surface area contributed by atoms with Crippen LogP contribution in [-0.2, 0) is 4.79 Å². The summed E-state index contributed by atoms with van der Waals surface area (Å²) < 4.78 is 6.24. The summed E-state index contributed by atoms with van der Waals surface area (Å²) >= 11 is 1.42. The SMILES string of the molecule is O=C(Oc1nc2ccccc2s1)C1CC1. The van der Waals surface area contributed by atoms with Gasteiger partial charge in [-0.05, 0) is 25.0 Å². The van der Waals surface area contributed by atoms with Gasteiger partial charge < -0.3 is 4.74 Å². The lowest BCUT2D eigenvalue weighted by Gasteiger charge is -1.95. The molecular weight excluding hydrogens is 210 g/mol. The number of fused-ring (bicyclic) bond motifs is 1. The molecule has 1 heterocycles. The molecule has 1 aromatic heterocycles. The van der Waals surface area contributed by atoms with Crippen LogP contribution in [0.4, 0.5) is 0 Å². The molecule has 76 valence electrons. The van der Waals surface area contributed by atoms with Crippen molar-refractivity contribution in [3.05, 3.63) is 24.3 Å². The van der Waals surface area contributed by atoms with Crippen LogP contribution in [0.25, 0.3) is 10.2 Å². The molecule has 0 aliphatic heterocycles. The molecule has 2 aromatic rings. The lowest BCUT2D eigenvalue weighted by molar-refractivity contribution is -0.135. The van der Waals surface area contributed by atoms with Gasteiger partial charge in [-0.2, -0.15) is 0 Å². The molecule has 0 radical (unpaired) electrons. The van der Waals surface area contributed by atoms with Gasteiger partial charge in [0.2, 0.25) is 0 Å². The predicted molar refractivity (Wildman–Crippen MR) is 58.0 cm³/mol. The molecule has 1 aliphatic rings. The van der Waals surface area contributed by atoms with Crippen molar-refractivity contribution in [2.75, 3.05) is 0 Å². The summed E-state index contributed by atoms with van der Waals surface area (Å²) in [7, 11) is 0. The van der Waals surface area contributed by atoms with Crippen LogP contribution in [0.1, 0.15) is 12.8 Å². The average Bonchev–Trinajstić information content (AvgIpc) is 2.99. The van der Waals surface area contributed by atoms with Crippen LogP contribution in [0.2, 0.25) is 0 Å². The van der Waals surface area contributed by atoms with E-state index in [1.165, 1.54) is 11.3 Å². The van der Waals surface area contributed by atoms with E-state index in [9.17, 15) is 4.79 Å². The second-order valence-corrected chi connectivity index (χ2v) is 4.64. The molecule has 0 atom stereocenters. The fourth-order valence-electron chi connectivity index (χ4n) is 1.38. The Kier molecular flexibility index (Phi) is 1.95. The van der Waals surface area contributed by atoms with E-state index in [0.717, 1.165) is 23.1 Å². The normalized spacial score (nSPS) is 15.5. The van der Waals surface area contributed by atoms with Gasteiger partial charge in [0, 0.05) is 0 Å². The van der Waals surface area contributed by atoms with Gasteiger partial charge in [0.1, 0.15) is 0 Å². The summed E-state index contributed by atoms with van der Waals surface area (Å²) in [5.74, 6) is -0.00827. The van der Waals surface area contributed by atoms with Gasteiger partial charge in [-0.15, -0.1) is 0 Å². The highest BCUT2D eigenvalue weighted by Gasteiger charge is 2.32. The second-order valence-electron chi connectivity index (χ2n) is 3.64. The van der Waals surface area contributed by atoms with Crippen molar-refractivity contribution in [2.45, 2.75) is 12.8 Å². The van der Waals surface area contributed by atoms with Crippen molar-refractivity contribution in [3.63, 3.8) is 0 Å². The van der Waals surface area contributed by atoms with Crippen LogP contribution in [0, 0.1) is 5.92 Å². The summed E-state index contributed by atoms with van der Waals surface area (Å²) in [5, 5.41) is 0.466. The smallest absolute Gasteiger partial charge is 0.316 e. The molecular formula is C11H9NO2S. The number of carbonyl (C=O) groups is 1. The number of aromatic nitrogens is 1. The first-order chi connectivity index (χ1) is 7.33. The van der Waals surface area contributed by atoms with E-state index in [1.807, 2.05) is 24.3 Å². The molecule has 0 unspecified atom stereocenters. The van der Waals surface area contributed by atoms with Gasteiger partial charge in [0.05, 0.1) is 16.1 Å². The maximum atomic E-state index is 11.4. The van der Waals surface area contributed by atoms with E-state index in [1.54, 1.807) is 0 Å². The van der Waals surface area contributed by atoms with E-state index in [2.05, 4.69) is 4.98 Å². The molecule has 1 saturated carbocycles. The minimum atomic E-state index is -0.131. The molecule has 0 N–H and O–H groups in total. The summed E-state index contributed by atoms with van der Waals surface area (Å²) in [6.07, 6.45) is 1.92. The number of benzene rings is 1. The molecule has 0 amide bonds. The van der Waals surface area contributed by atoms with E-state index < -0.39 is 0 Å². The molecule has 1 aliphatic carbocycles. The quantitative estimate of drug-likeness (QED) is 0.729. The van der Waals surface area contributed by atoms with Crippen molar-refractivity contribution in [3.8, 4) is 5.19 Å². The van der Waals surface area contributed by atoms with Crippen LogP contribution in [-0.4, -0.2) is 11.0 Å². The molecule has 3 rings (SSSR count). The standard InChI is InChI=1S/C11H9NO2S/c13-10(7-5-6-7)14-11-12-8-3-1-2-4-9(8)15-11/h1-4,7H,5-6H2. The molecule has 4 heteroatoms. The number of rotatable bonds is 2. The molecule has 1 aromatic carbocycles. The minimum Gasteiger partial charge on any atom is -0.398 e. The van der Waals surface area contributed by atoms with Crippen LogP contribution in [0.15, 0.2) is 24.3 Å². The van der Waals surface area contributed by atoms with E-state index >= 15 is 0 Å². The van der Waals surface area contributed by atoms with Gasteiger partial charge in [0.15, 0.2) is 0 Å².